The standard InChI is InChI=1S/C18H16O2/c1-2-17(19)20-18(15-9-4-3-5-10-15)13-12-14-8-6-7-11-16(14)18/h2-11H,1,12-13H2. The molecule has 2 aromatic rings. The molecule has 1 atom stereocenters. The summed E-state index contributed by atoms with van der Waals surface area (Å²) in [4.78, 5) is 11.8. The third-order valence-corrected chi connectivity index (χ3v) is 3.88. The molecule has 2 nitrogen and oxygen atoms in total. The van der Waals surface area contributed by atoms with Gasteiger partial charge in [0.1, 0.15) is 0 Å². The molecule has 1 aliphatic carbocycles. The van der Waals surface area contributed by atoms with Gasteiger partial charge in [0, 0.05) is 17.2 Å². The Bertz CT molecular complexity index is 645. The van der Waals surface area contributed by atoms with Crippen LogP contribution < -0.4 is 0 Å². The molecular formula is C18H16O2. The van der Waals surface area contributed by atoms with E-state index >= 15 is 0 Å². The summed E-state index contributed by atoms with van der Waals surface area (Å²) < 4.78 is 5.80. The first kappa shape index (κ1) is 12.7. The molecule has 0 spiro atoms. The Morgan fingerprint density at radius 2 is 1.80 bits per heavy atom. The number of hydrogen-bond donors (Lipinski definition) is 0. The Balaban J connectivity index is 2.16. The summed E-state index contributed by atoms with van der Waals surface area (Å²) >= 11 is 0. The van der Waals surface area contributed by atoms with Crippen molar-refractivity contribution >= 4 is 5.97 Å². The van der Waals surface area contributed by atoms with E-state index in [0.717, 1.165) is 24.0 Å². The first-order chi connectivity index (χ1) is 9.76. The number of esters is 1. The predicted molar refractivity (Wildman–Crippen MR) is 78.3 cm³/mol. The van der Waals surface area contributed by atoms with Crippen molar-refractivity contribution in [2.75, 3.05) is 0 Å². The van der Waals surface area contributed by atoms with E-state index < -0.39 is 5.60 Å². The molecule has 0 heterocycles. The Labute approximate surface area is 118 Å². The van der Waals surface area contributed by atoms with Crippen LogP contribution in [-0.2, 0) is 21.6 Å². The van der Waals surface area contributed by atoms with Gasteiger partial charge in [-0.3, -0.25) is 0 Å². The zero-order valence-electron chi connectivity index (χ0n) is 11.2. The summed E-state index contributed by atoms with van der Waals surface area (Å²) in [5.41, 5.74) is 2.66. The van der Waals surface area contributed by atoms with Crippen LogP contribution in [0.2, 0.25) is 0 Å². The number of rotatable bonds is 3. The molecule has 0 saturated carbocycles. The van der Waals surface area contributed by atoms with Crippen molar-refractivity contribution in [1.82, 2.24) is 0 Å². The average Bonchev–Trinajstić information content (AvgIpc) is 2.88. The zero-order chi connectivity index (χ0) is 14.0. The largest absolute Gasteiger partial charge is 0.446 e. The van der Waals surface area contributed by atoms with E-state index in [0.29, 0.717) is 0 Å². The Morgan fingerprint density at radius 3 is 2.55 bits per heavy atom. The lowest BCUT2D eigenvalue weighted by atomic mass is 9.87. The van der Waals surface area contributed by atoms with Gasteiger partial charge in [-0.05, 0) is 18.4 Å². The summed E-state index contributed by atoms with van der Waals surface area (Å²) in [6.07, 6.45) is 2.91. The smallest absolute Gasteiger partial charge is 0.331 e. The van der Waals surface area contributed by atoms with Crippen LogP contribution in [0.15, 0.2) is 67.3 Å². The van der Waals surface area contributed by atoms with Gasteiger partial charge in [-0.25, -0.2) is 4.79 Å². The second-order valence-electron chi connectivity index (χ2n) is 4.98. The maximum Gasteiger partial charge on any atom is 0.331 e. The molecular weight excluding hydrogens is 248 g/mol. The molecule has 1 unspecified atom stereocenters. The third-order valence-electron chi connectivity index (χ3n) is 3.88. The highest BCUT2D eigenvalue weighted by molar-refractivity contribution is 5.82. The van der Waals surface area contributed by atoms with E-state index in [2.05, 4.69) is 12.6 Å². The molecule has 1 aliphatic rings. The van der Waals surface area contributed by atoms with Gasteiger partial charge in [-0.1, -0.05) is 61.2 Å². The maximum atomic E-state index is 11.8. The van der Waals surface area contributed by atoms with Crippen LogP contribution in [0.1, 0.15) is 23.1 Å². The van der Waals surface area contributed by atoms with Crippen molar-refractivity contribution in [3.8, 4) is 0 Å². The maximum absolute atomic E-state index is 11.8. The molecule has 0 amide bonds. The van der Waals surface area contributed by atoms with Crippen molar-refractivity contribution in [2.45, 2.75) is 18.4 Å². The van der Waals surface area contributed by atoms with Gasteiger partial charge in [0.05, 0.1) is 0 Å². The minimum atomic E-state index is -0.677. The second kappa shape index (κ2) is 4.97. The highest BCUT2D eigenvalue weighted by atomic mass is 16.6. The number of fused-ring (bicyclic) bond motifs is 1. The van der Waals surface area contributed by atoms with Gasteiger partial charge in [-0.2, -0.15) is 0 Å². The van der Waals surface area contributed by atoms with E-state index in [1.165, 1.54) is 11.6 Å². The van der Waals surface area contributed by atoms with Crippen molar-refractivity contribution in [2.24, 2.45) is 0 Å². The first-order valence-electron chi connectivity index (χ1n) is 6.75. The van der Waals surface area contributed by atoms with Crippen LogP contribution in [0.5, 0.6) is 0 Å². The Morgan fingerprint density at radius 1 is 1.10 bits per heavy atom. The Kier molecular flexibility index (Phi) is 3.15. The fourth-order valence-electron chi connectivity index (χ4n) is 2.96. The van der Waals surface area contributed by atoms with Crippen LogP contribution in [0.3, 0.4) is 0 Å². The van der Waals surface area contributed by atoms with Crippen LogP contribution in [0, 0.1) is 0 Å². The molecule has 2 heteroatoms. The number of benzene rings is 2. The number of hydrogen-bond acceptors (Lipinski definition) is 2. The third kappa shape index (κ3) is 1.94. The number of ether oxygens (including phenoxy) is 1. The molecule has 20 heavy (non-hydrogen) atoms. The molecule has 0 bridgehead atoms. The van der Waals surface area contributed by atoms with Gasteiger partial charge in [0.2, 0.25) is 0 Å². The Hall–Kier alpha value is -2.35. The molecule has 100 valence electrons. The van der Waals surface area contributed by atoms with Crippen LogP contribution in [0.25, 0.3) is 0 Å². The summed E-state index contributed by atoms with van der Waals surface area (Å²) in [6.45, 7) is 3.51. The van der Waals surface area contributed by atoms with E-state index in [4.69, 9.17) is 4.74 Å². The first-order valence-corrected chi connectivity index (χ1v) is 6.75. The van der Waals surface area contributed by atoms with Crippen LogP contribution >= 0.6 is 0 Å². The van der Waals surface area contributed by atoms with Crippen molar-refractivity contribution in [3.05, 3.63) is 83.9 Å². The lowest BCUT2D eigenvalue weighted by Crippen LogP contribution is -2.30. The summed E-state index contributed by atoms with van der Waals surface area (Å²) in [5, 5.41) is 0. The number of aryl methyl sites for hydroxylation is 1. The van der Waals surface area contributed by atoms with Gasteiger partial charge in [-0.15, -0.1) is 0 Å². The average molecular weight is 264 g/mol. The molecule has 0 fully saturated rings. The molecule has 0 aliphatic heterocycles. The van der Waals surface area contributed by atoms with Gasteiger partial charge in [0.25, 0.3) is 0 Å². The van der Waals surface area contributed by atoms with E-state index in [-0.39, 0.29) is 5.97 Å². The minimum Gasteiger partial charge on any atom is -0.446 e. The fraction of sp³-hybridized carbons (Fsp3) is 0.167. The number of carbonyl (C=O) groups excluding carboxylic acids is 1. The molecule has 0 N–H and O–H groups in total. The minimum absolute atomic E-state index is 0.384. The zero-order valence-corrected chi connectivity index (χ0v) is 11.2. The quantitative estimate of drug-likeness (QED) is 0.625. The highest BCUT2D eigenvalue weighted by Gasteiger charge is 2.43. The highest BCUT2D eigenvalue weighted by Crippen LogP contribution is 2.45. The lowest BCUT2D eigenvalue weighted by molar-refractivity contribution is -0.150. The topological polar surface area (TPSA) is 26.3 Å². The fourth-order valence-corrected chi connectivity index (χ4v) is 2.96. The van der Waals surface area contributed by atoms with Crippen molar-refractivity contribution in [3.63, 3.8) is 0 Å². The monoisotopic (exact) mass is 264 g/mol. The normalized spacial score (nSPS) is 20.2. The molecule has 0 radical (unpaired) electrons. The summed E-state index contributed by atoms with van der Waals surface area (Å²) in [5.74, 6) is -0.384. The van der Waals surface area contributed by atoms with Gasteiger partial charge < -0.3 is 4.74 Å². The number of carbonyl (C=O) groups is 1. The SMILES string of the molecule is C=CC(=O)OC1(c2ccccc2)CCc2ccccc21. The van der Waals surface area contributed by atoms with E-state index in [1.54, 1.807) is 0 Å². The van der Waals surface area contributed by atoms with Crippen LogP contribution in [-0.4, -0.2) is 5.97 Å². The summed E-state index contributed by atoms with van der Waals surface area (Å²) in [6, 6.07) is 18.1. The van der Waals surface area contributed by atoms with Crippen molar-refractivity contribution < 1.29 is 9.53 Å². The predicted octanol–water partition coefficient (Wildman–Crippen LogP) is 3.61. The molecule has 2 aromatic carbocycles. The second-order valence-corrected chi connectivity index (χ2v) is 4.98. The van der Waals surface area contributed by atoms with E-state index in [9.17, 15) is 4.79 Å². The summed E-state index contributed by atoms with van der Waals surface area (Å²) in [7, 11) is 0. The van der Waals surface area contributed by atoms with Crippen molar-refractivity contribution in [1.29, 1.82) is 0 Å². The molecule has 3 rings (SSSR count). The lowest BCUT2D eigenvalue weighted by Gasteiger charge is -2.30. The van der Waals surface area contributed by atoms with Crippen LogP contribution in [0.4, 0.5) is 0 Å². The van der Waals surface area contributed by atoms with E-state index in [1.807, 2.05) is 48.5 Å². The molecule has 0 saturated heterocycles. The van der Waals surface area contributed by atoms with Gasteiger partial charge in [0.15, 0.2) is 5.60 Å². The molecule has 0 aromatic heterocycles. The van der Waals surface area contributed by atoms with Gasteiger partial charge >= 0.3 is 5.97 Å².